The molecule has 96 valence electrons. The van der Waals surface area contributed by atoms with Crippen LogP contribution in [0.15, 0.2) is 12.4 Å². The van der Waals surface area contributed by atoms with E-state index < -0.39 is 18.1 Å². The molecule has 1 heterocycles. The monoisotopic (exact) mass is 241 g/mol. The molecule has 0 aromatic carbocycles. The van der Waals surface area contributed by atoms with Gasteiger partial charge in [-0.25, -0.2) is 0 Å². The number of rotatable bonds is 4. The van der Waals surface area contributed by atoms with Crippen LogP contribution in [0.1, 0.15) is 38.9 Å². The number of nitrogens with two attached hydrogens (primary N) is 1. The lowest BCUT2D eigenvalue weighted by Gasteiger charge is -2.19. The van der Waals surface area contributed by atoms with Gasteiger partial charge in [0, 0.05) is 11.8 Å². The fraction of sp³-hybridized carbons (Fsp3) is 0.636. The SMILES string of the molecule is CC(C)(C)n1cc(C(O)C(O)CC(N)=O)cn1. The van der Waals surface area contributed by atoms with Crippen molar-refractivity contribution in [2.45, 2.75) is 44.9 Å². The number of nitrogens with zero attached hydrogens (tertiary/aromatic N) is 2. The van der Waals surface area contributed by atoms with Crippen LogP contribution in [0.5, 0.6) is 0 Å². The topological polar surface area (TPSA) is 101 Å². The van der Waals surface area contributed by atoms with Gasteiger partial charge in [-0.1, -0.05) is 0 Å². The summed E-state index contributed by atoms with van der Waals surface area (Å²) >= 11 is 0. The largest absolute Gasteiger partial charge is 0.390 e. The highest BCUT2D eigenvalue weighted by Crippen LogP contribution is 2.21. The Kier molecular flexibility index (Phi) is 3.90. The molecule has 1 aromatic rings. The van der Waals surface area contributed by atoms with Gasteiger partial charge in [0.25, 0.3) is 0 Å². The Bertz CT molecular complexity index is 395. The lowest BCUT2D eigenvalue weighted by Crippen LogP contribution is -2.26. The molecule has 1 rings (SSSR count). The zero-order valence-electron chi connectivity index (χ0n) is 10.3. The zero-order chi connectivity index (χ0) is 13.2. The van der Waals surface area contributed by atoms with Gasteiger partial charge in [0.2, 0.25) is 5.91 Å². The zero-order valence-corrected chi connectivity index (χ0v) is 10.3. The summed E-state index contributed by atoms with van der Waals surface area (Å²) in [6.45, 7) is 5.90. The second-order valence-corrected chi connectivity index (χ2v) is 5.07. The van der Waals surface area contributed by atoms with Crippen molar-refractivity contribution in [3.8, 4) is 0 Å². The van der Waals surface area contributed by atoms with Crippen molar-refractivity contribution >= 4 is 5.91 Å². The lowest BCUT2D eigenvalue weighted by molar-refractivity contribution is -0.121. The highest BCUT2D eigenvalue weighted by Gasteiger charge is 2.23. The second-order valence-electron chi connectivity index (χ2n) is 5.07. The minimum atomic E-state index is -1.20. The Morgan fingerprint density at radius 3 is 2.53 bits per heavy atom. The van der Waals surface area contributed by atoms with Crippen LogP contribution in [-0.4, -0.2) is 32.0 Å². The van der Waals surface area contributed by atoms with E-state index in [4.69, 9.17) is 5.73 Å². The van der Waals surface area contributed by atoms with Crippen molar-refractivity contribution < 1.29 is 15.0 Å². The summed E-state index contributed by atoms with van der Waals surface area (Å²) in [6, 6.07) is 0. The van der Waals surface area contributed by atoms with Gasteiger partial charge in [-0.3, -0.25) is 9.48 Å². The molecule has 17 heavy (non-hydrogen) atoms. The number of primary amides is 1. The van der Waals surface area contributed by atoms with Crippen LogP contribution in [0.2, 0.25) is 0 Å². The Labute approximate surface area is 100 Å². The number of carbonyl (C=O) groups is 1. The van der Waals surface area contributed by atoms with Gasteiger partial charge < -0.3 is 15.9 Å². The van der Waals surface area contributed by atoms with Crippen LogP contribution >= 0.6 is 0 Å². The van der Waals surface area contributed by atoms with E-state index in [1.54, 1.807) is 10.9 Å². The molecule has 0 spiro atoms. The number of aliphatic hydroxyl groups is 2. The van der Waals surface area contributed by atoms with Gasteiger partial charge in [-0.05, 0) is 20.8 Å². The third-order valence-electron chi connectivity index (χ3n) is 2.41. The first kappa shape index (κ1) is 13.7. The fourth-order valence-corrected chi connectivity index (χ4v) is 1.40. The number of hydrogen-bond acceptors (Lipinski definition) is 4. The van der Waals surface area contributed by atoms with E-state index in [0.29, 0.717) is 5.56 Å². The molecule has 0 bridgehead atoms. The summed E-state index contributed by atoms with van der Waals surface area (Å²) in [4.78, 5) is 10.6. The maximum absolute atomic E-state index is 10.6. The summed E-state index contributed by atoms with van der Waals surface area (Å²) in [5, 5.41) is 23.5. The maximum atomic E-state index is 10.6. The van der Waals surface area contributed by atoms with Gasteiger partial charge >= 0.3 is 0 Å². The van der Waals surface area contributed by atoms with Crippen LogP contribution in [0, 0.1) is 0 Å². The molecule has 2 atom stereocenters. The average molecular weight is 241 g/mol. The first-order chi connectivity index (χ1) is 7.71. The molecule has 0 aliphatic heterocycles. The minimum absolute atomic E-state index is 0.202. The van der Waals surface area contributed by atoms with Crippen molar-refractivity contribution in [3.63, 3.8) is 0 Å². The molecule has 4 N–H and O–H groups in total. The van der Waals surface area contributed by atoms with Crippen molar-refractivity contribution in [1.82, 2.24) is 9.78 Å². The van der Waals surface area contributed by atoms with Crippen molar-refractivity contribution in [2.24, 2.45) is 5.73 Å². The maximum Gasteiger partial charge on any atom is 0.220 e. The number of aliphatic hydroxyl groups excluding tert-OH is 2. The molecule has 6 heteroatoms. The minimum Gasteiger partial charge on any atom is -0.390 e. The number of aromatic nitrogens is 2. The predicted molar refractivity (Wildman–Crippen MR) is 62.0 cm³/mol. The molecule has 0 radical (unpaired) electrons. The quantitative estimate of drug-likeness (QED) is 0.685. The fourth-order valence-electron chi connectivity index (χ4n) is 1.40. The summed E-state index contributed by atoms with van der Waals surface area (Å²) in [5.41, 5.74) is 5.22. The molecule has 1 aromatic heterocycles. The summed E-state index contributed by atoms with van der Waals surface area (Å²) in [5.74, 6) is -0.653. The number of carbonyl (C=O) groups excluding carboxylic acids is 1. The lowest BCUT2D eigenvalue weighted by atomic mass is 10.1. The molecule has 0 saturated carbocycles. The van der Waals surface area contributed by atoms with Gasteiger partial charge in [-0.2, -0.15) is 5.10 Å². The Morgan fingerprint density at radius 1 is 1.53 bits per heavy atom. The summed E-state index contributed by atoms with van der Waals surface area (Å²) in [6.07, 6.45) is 0.486. The molecule has 0 aliphatic rings. The Morgan fingerprint density at radius 2 is 2.12 bits per heavy atom. The van der Waals surface area contributed by atoms with Gasteiger partial charge in [0.1, 0.15) is 6.10 Å². The molecule has 0 saturated heterocycles. The highest BCUT2D eigenvalue weighted by atomic mass is 16.3. The Hall–Kier alpha value is -1.40. The normalized spacial score (nSPS) is 15.6. The summed E-state index contributed by atoms with van der Waals surface area (Å²) < 4.78 is 1.68. The van der Waals surface area contributed by atoms with Crippen LogP contribution < -0.4 is 5.73 Å². The second kappa shape index (κ2) is 4.85. The van der Waals surface area contributed by atoms with Crippen LogP contribution in [0.25, 0.3) is 0 Å². The van der Waals surface area contributed by atoms with E-state index in [1.165, 1.54) is 6.20 Å². The first-order valence-corrected chi connectivity index (χ1v) is 5.41. The first-order valence-electron chi connectivity index (χ1n) is 5.41. The standard InChI is InChI=1S/C11H19N3O3/c1-11(2,3)14-6-7(5-13-14)10(17)8(15)4-9(12)16/h5-6,8,10,15,17H,4H2,1-3H3,(H2,12,16). The van der Waals surface area contributed by atoms with E-state index in [0.717, 1.165) is 0 Å². The van der Waals surface area contributed by atoms with Gasteiger partial charge in [0.15, 0.2) is 0 Å². The molecule has 0 fully saturated rings. The van der Waals surface area contributed by atoms with Crippen molar-refractivity contribution in [3.05, 3.63) is 18.0 Å². The van der Waals surface area contributed by atoms with E-state index in [1.807, 2.05) is 20.8 Å². The van der Waals surface area contributed by atoms with E-state index in [-0.39, 0.29) is 12.0 Å². The van der Waals surface area contributed by atoms with Crippen LogP contribution in [-0.2, 0) is 10.3 Å². The van der Waals surface area contributed by atoms with Crippen molar-refractivity contribution in [1.29, 1.82) is 0 Å². The Balaban J connectivity index is 2.79. The molecular formula is C11H19N3O3. The van der Waals surface area contributed by atoms with Crippen LogP contribution in [0.4, 0.5) is 0 Å². The van der Waals surface area contributed by atoms with E-state index in [2.05, 4.69) is 5.10 Å². The summed E-state index contributed by atoms with van der Waals surface area (Å²) in [7, 11) is 0. The van der Waals surface area contributed by atoms with E-state index >= 15 is 0 Å². The predicted octanol–water partition coefficient (Wildman–Crippen LogP) is -0.0922. The smallest absolute Gasteiger partial charge is 0.220 e. The molecule has 1 amide bonds. The van der Waals surface area contributed by atoms with Gasteiger partial charge in [0.05, 0.1) is 24.3 Å². The third kappa shape index (κ3) is 3.54. The number of amides is 1. The molecule has 0 aliphatic carbocycles. The molecule has 6 nitrogen and oxygen atoms in total. The van der Waals surface area contributed by atoms with Gasteiger partial charge in [-0.15, -0.1) is 0 Å². The average Bonchev–Trinajstić information content (AvgIpc) is 2.63. The highest BCUT2D eigenvalue weighted by molar-refractivity contribution is 5.74. The molecular weight excluding hydrogens is 222 g/mol. The van der Waals surface area contributed by atoms with Crippen LogP contribution in [0.3, 0.4) is 0 Å². The van der Waals surface area contributed by atoms with E-state index in [9.17, 15) is 15.0 Å². The third-order valence-corrected chi connectivity index (χ3v) is 2.41. The number of hydrogen-bond donors (Lipinski definition) is 3. The van der Waals surface area contributed by atoms with Crippen molar-refractivity contribution in [2.75, 3.05) is 0 Å². The molecule has 2 unspecified atom stereocenters.